The van der Waals surface area contributed by atoms with Crippen LogP contribution in [0.4, 0.5) is 0 Å². The van der Waals surface area contributed by atoms with Crippen molar-refractivity contribution in [3.63, 3.8) is 0 Å². The van der Waals surface area contributed by atoms with E-state index in [1.165, 1.54) is 29.4 Å². The van der Waals surface area contributed by atoms with Gasteiger partial charge in [0.1, 0.15) is 0 Å². The van der Waals surface area contributed by atoms with E-state index in [4.69, 9.17) is 19.5 Å². The van der Waals surface area contributed by atoms with Crippen molar-refractivity contribution >= 4 is 5.71 Å². The first kappa shape index (κ1) is 26.1. The third-order valence-corrected chi connectivity index (χ3v) is 7.75. The largest absolute Gasteiger partial charge is 0.481 e. The summed E-state index contributed by atoms with van der Waals surface area (Å²) in [5.41, 5.74) is 4.83. The van der Waals surface area contributed by atoms with E-state index in [1.807, 2.05) is 12.1 Å². The summed E-state index contributed by atoms with van der Waals surface area (Å²) in [6, 6.07) is 42.5. The van der Waals surface area contributed by atoms with Crippen LogP contribution >= 0.6 is 0 Å². The minimum absolute atomic E-state index is 0.0830. The van der Waals surface area contributed by atoms with Crippen LogP contribution in [-0.2, 0) is 14.3 Å². The third-order valence-electron chi connectivity index (χ3n) is 7.75. The molecule has 0 N–H and O–H groups in total. The first-order valence-corrected chi connectivity index (χ1v) is 13.7. The number of methoxy groups -OCH3 is 1. The molecule has 0 spiro atoms. The van der Waals surface area contributed by atoms with E-state index in [-0.39, 0.29) is 23.7 Å². The van der Waals surface area contributed by atoms with Crippen molar-refractivity contribution in [1.82, 2.24) is 0 Å². The molecule has 1 aliphatic heterocycles. The Bertz CT molecular complexity index is 1390. The smallest absolute Gasteiger partial charge is 0.308 e. The SMILES string of the molecule is COC1(ON=C2C(c3ccccc3)C(c3ccccc3)C(c3ccccc3)C2c2ccccc2)N=NC(C)(C)O1. The van der Waals surface area contributed by atoms with Gasteiger partial charge in [0.05, 0.1) is 5.71 Å². The first-order chi connectivity index (χ1) is 19.5. The quantitative estimate of drug-likeness (QED) is 0.179. The second kappa shape index (κ2) is 10.8. The minimum atomic E-state index is -1.74. The molecule has 0 bridgehead atoms. The topological polar surface area (TPSA) is 64.8 Å². The number of nitrogens with zero attached hydrogens (tertiary/aromatic N) is 3. The van der Waals surface area contributed by atoms with E-state index >= 15 is 0 Å². The maximum absolute atomic E-state index is 6.11. The average Bonchev–Trinajstić information content (AvgIpc) is 3.52. The Hall–Kier alpha value is -4.13. The van der Waals surface area contributed by atoms with Gasteiger partial charge >= 0.3 is 6.10 Å². The van der Waals surface area contributed by atoms with Crippen LogP contribution in [0.15, 0.2) is 137 Å². The fraction of sp³-hybridized carbons (Fsp3) is 0.265. The van der Waals surface area contributed by atoms with Crippen molar-refractivity contribution < 1.29 is 14.3 Å². The van der Waals surface area contributed by atoms with E-state index in [2.05, 4.69) is 119 Å². The van der Waals surface area contributed by atoms with Crippen molar-refractivity contribution in [1.29, 1.82) is 0 Å². The van der Waals surface area contributed by atoms with Gasteiger partial charge < -0.3 is 4.84 Å². The Morgan fingerprint density at radius 3 is 1.35 bits per heavy atom. The predicted molar refractivity (Wildman–Crippen MR) is 155 cm³/mol. The molecule has 0 aromatic heterocycles. The molecule has 0 radical (unpaired) electrons. The summed E-state index contributed by atoms with van der Waals surface area (Å²) in [6.45, 7) is 3.61. The molecule has 6 nitrogen and oxygen atoms in total. The summed E-state index contributed by atoms with van der Waals surface area (Å²) in [4.78, 5) is 6.11. The van der Waals surface area contributed by atoms with E-state index in [9.17, 15) is 0 Å². The second-order valence-corrected chi connectivity index (χ2v) is 10.7. The number of rotatable bonds is 7. The third kappa shape index (κ3) is 4.96. The monoisotopic (exact) mass is 531 g/mol. The highest BCUT2D eigenvalue weighted by Crippen LogP contribution is 2.59. The van der Waals surface area contributed by atoms with Gasteiger partial charge in [0.25, 0.3) is 0 Å². The molecular formula is C34H33N3O3. The molecule has 40 heavy (non-hydrogen) atoms. The van der Waals surface area contributed by atoms with Crippen LogP contribution in [0, 0.1) is 0 Å². The molecule has 202 valence electrons. The van der Waals surface area contributed by atoms with Gasteiger partial charge in [-0.15, -0.1) is 5.11 Å². The van der Waals surface area contributed by atoms with Crippen molar-refractivity contribution in [2.24, 2.45) is 15.4 Å². The highest BCUT2D eigenvalue weighted by Gasteiger charge is 2.52. The van der Waals surface area contributed by atoms with Gasteiger partial charge in [-0.05, 0) is 36.1 Å². The van der Waals surface area contributed by atoms with E-state index in [0.717, 1.165) is 5.71 Å². The van der Waals surface area contributed by atoms with Crippen LogP contribution in [-0.4, -0.2) is 24.6 Å². The summed E-state index contributed by atoms with van der Waals surface area (Å²) in [7, 11) is 1.48. The van der Waals surface area contributed by atoms with Crippen LogP contribution in [0.25, 0.3) is 0 Å². The van der Waals surface area contributed by atoms with E-state index < -0.39 is 11.8 Å². The van der Waals surface area contributed by atoms with Crippen LogP contribution in [0.2, 0.25) is 0 Å². The van der Waals surface area contributed by atoms with Gasteiger partial charge in [0.15, 0.2) is 5.72 Å². The molecule has 1 heterocycles. The van der Waals surface area contributed by atoms with Crippen molar-refractivity contribution in [2.45, 2.75) is 49.3 Å². The zero-order valence-corrected chi connectivity index (χ0v) is 22.9. The number of benzene rings is 4. The zero-order valence-electron chi connectivity index (χ0n) is 22.9. The molecule has 5 unspecified atom stereocenters. The molecule has 1 saturated carbocycles. The summed E-state index contributed by atoms with van der Waals surface area (Å²) in [6.07, 6.45) is -1.74. The summed E-state index contributed by atoms with van der Waals surface area (Å²) in [5, 5.41) is 13.3. The Balaban J connectivity index is 1.59. The lowest BCUT2D eigenvalue weighted by Crippen LogP contribution is -2.37. The lowest BCUT2D eigenvalue weighted by atomic mass is 9.75. The van der Waals surface area contributed by atoms with Crippen LogP contribution in [0.1, 0.15) is 59.8 Å². The first-order valence-electron chi connectivity index (χ1n) is 13.7. The van der Waals surface area contributed by atoms with Crippen LogP contribution < -0.4 is 0 Å². The minimum Gasteiger partial charge on any atom is -0.308 e. The van der Waals surface area contributed by atoms with Gasteiger partial charge in [-0.25, -0.2) is 0 Å². The number of oxime groups is 1. The Labute approximate surface area is 235 Å². The zero-order chi connectivity index (χ0) is 27.6. The highest BCUT2D eigenvalue weighted by molar-refractivity contribution is 6.01. The maximum Gasteiger partial charge on any atom is 0.481 e. The van der Waals surface area contributed by atoms with Gasteiger partial charge in [-0.1, -0.05) is 132 Å². The number of hydrogen-bond donors (Lipinski definition) is 0. The van der Waals surface area contributed by atoms with Crippen LogP contribution in [0.5, 0.6) is 0 Å². The second-order valence-electron chi connectivity index (χ2n) is 10.7. The van der Waals surface area contributed by atoms with Crippen molar-refractivity contribution in [2.75, 3.05) is 7.11 Å². The van der Waals surface area contributed by atoms with Crippen molar-refractivity contribution in [3.8, 4) is 0 Å². The Morgan fingerprint density at radius 1 is 0.600 bits per heavy atom. The van der Waals surface area contributed by atoms with Gasteiger partial charge in [-0.3, -0.25) is 9.47 Å². The number of azo groups is 1. The molecule has 5 atom stereocenters. The molecule has 0 saturated heterocycles. The normalized spacial score (nSPS) is 27.0. The number of hydrogen-bond acceptors (Lipinski definition) is 6. The van der Waals surface area contributed by atoms with Crippen molar-refractivity contribution in [3.05, 3.63) is 144 Å². The molecule has 1 aliphatic carbocycles. The molecule has 1 fully saturated rings. The summed E-state index contributed by atoms with van der Waals surface area (Å²) >= 11 is 0. The molecule has 0 amide bonds. The van der Waals surface area contributed by atoms with E-state index in [1.54, 1.807) is 13.8 Å². The van der Waals surface area contributed by atoms with Gasteiger partial charge in [0.2, 0.25) is 0 Å². The predicted octanol–water partition coefficient (Wildman–Crippen LogP) is 7.98. The highest BCUT2D eigenvalue weighted by atomic mass is 16.9. The number of ether oxygens (including phenoxy) is 2. The molecular weight excluding hydrogens is 498 g/mol. The average molecular weight is 532 g/mol. The van der Waals surface area contributed by atoms with E-state index in [0.29, 0.717) is 0 Å². The lowest BCUT2D eigenvalue weighted by Gasteiger charge is -2.27. The molecule has 6 heteroatoms. The Morgan fingerprint density at radius 2 is 1.00 bits per heavy atom. The van der Waals surface area contributed by atoms with Gasteiger partial charge in [-0.2, -0.15) is 0 Å². The van der Waals surface area contributed by atoms with Crippen LogP contribution in [0.3, 0.4) is 0 Å². The fourth-order valence-corrected chi connectivity index (χ4v) is 6.12. The fourth-order valence-electron chi connectivity index (χ4n) is 6.12. The maximum atomic E-state index is 6.11. The molecule has 4 aromatic rings. The Kier molecular flexibility index (Phi) is 7.05. The molecule has 4 aromatic carbocycles. The molecule has 6 rings (SSSR count). The standard InChI is InChI=1S/C34H33N3O3/c1-33(2)36-37-34(38-3,39-33)40-35-32-30(26-20-12-6-13-21-26)28(24-16-8-4-9-17-24)29(25-18-10-5-11-19-25)31(32)27-22-14-7-15-23-27/h4-23,28-31H,1-3H3. The van der Waals surface area contributed by atoms with Gasteiger partial charge in [0, 0.05) is 30.8 Å². The lowest BCUT2D eigenvalue weighted by molar-refractivity contribution is -0.377. The molecule has 2 aliphatic rings. The summed E-state index contributed by atoms with van der Waals surface area (Å²) < 4.78 is 11.6. The summed E-state index contributed by atoms with van der Waals surface area (Å²) in [5.74, 6) is -0.00206.